The Bertz CT molecular complexity index is 999. The van der Waals surface area contributed by atoms with Crippen LogP contribution < -0.4 is 9.62 Å². The van der Waals surface area contributed by atoms with Gasteiger partial charge in [-0.2, -0.15) is 0 Å². The monoisotopic (exact) mass is 445 g/mol. The predicted octanol–water partition coefficient (Wildman–Crippen LogP) is 3.75. The first-order valence-corrected chi connectivity index (χ1v) is 12.4. The molecule has 0 bridgehead atoms. The maximum Gasteiger partial charge on any atom is 0.241 e. The first-order chi connectivity index (χ1) is 14.9. The summed E-state index contributed by atoms with van der Waals surface area (Å²) in [4.78, 5) is 16.7. The van der Waals surface area contributed by atoms with Gasteiger partial charge in [0.2, 0.25) is 15.9 Å². The fourth-order valence-electron chi connectivity index (χ4n) is 3.95. The van der Waals surface area contributed by atoms with E-state index in [1.165, 1.54) is 31.4 Å². The van der Waals surface area contributed by atoms with Crippen molar-refractivity contribution in [1.82, 2.24) is 4.90 Å². The van der Waals surface area contributed by atoms with Crippen molar-refractivity contribution in [3.8, 4) is 0 Å². The molecular formula is C23H28FN3O3S. The van der Waals surface area contributed by atoms with Crippen LogP contribution in [-0.2, 0) is 21.4 Å². The fraction of sp³-hybridized carbons (Fsp3) is 0.435. The average molecular weight is 446 g/mol. The highest BCUT2D eigenvalue weighted by Crippen LogP contribution is 2.29. The van der Waals surface area contributed by atoms with Gasteiger partial charge in [-0.1, -0.05) is 12.1 Å². The van der Waals surface area contributed by atoms with Gasteiger partial charge in [0.15, 0.2) is 0 Å². The van der Waals surface area contributed by atoms with E-state index in [0.29, 0.717) is 5.69 Å². The Hall–Kier alpha value is -2.61. The molecule has 4 rings (SSSR count). The van der Waals surface area contributed by atoms with E-state index in [-0.39, 0.29) is 18.4 Å². The Morgan fingerprint density at radius 2 is 1.65 bits per heavy atom. The van der Waals surface area contributed by atoms with E-state index in [1.807, 2.05) is 12.1 Å². The molecule has 0 radical (unpaired) electrons. The summed E-state index contributed by atoms with van der Waals surface area (Å²) in [6.07, 6.45) is 5.32. The number of hydrogen-bond acceptors (Lipinski definition) is 4. The molecule has 0 spiro atoms. The summed E-state index contributed by atoms with van der Waals surface area (Å²) >= 11 is 0. The summed E-state index contributed by atoms with van der Waals surface area (Å²) in [5, 5.41) is 0. The van der Waals surface area contributed by atoms with Crippen molar-refractivity contribution < 1.29 is 17.6 Å². The lowest BCUT2D eigenvalue weighted by Crippen LogP contribution is -2.38. The van der Waals surface area contributed by atoms with Crippen LogP contribution in [0.3, 0.4) is 0 Å². The Labute approximate surface area is 183 Å². The highest BCUT2D eigenvalue weighted by atomic mass is 32.2. The van der Waals surface area contributed by atoms with Gasteiger partial charge in [0.25, 0.3) is 0 Å². The first kappa shape index (κ1) is 21.6. The third kappa shape index (κ3) is 5.97. The third-order valence-corrected chi connectivity index (χ3v) is 6.92. The minimum absolute atomic E-state index is 0.0524. The molecule has 31 heavy (non-hydrogen) atoms. The second-order valence-corrected chi connectivity index (χ2v) is 10.1. The van der Waals surface area contributed by atoms with Gasteiger partial charge in [-0.25, -0.2) is 12.8 Å². The smallest absolute Gasteiger partial charge is 0.241 e. The number of piperidine rings is 1. The van der Waals surface area contributed by atoms with Crippen LogP contribution in [0.25, 0.3) is 0 Å². The van der Waals surface area contributed by atoms with Gasteiger partial charge in [-0.15, -0.1) is 0 Å². The number of rotatable bonds is 8. The Morgan fingerprint density at radius 1 is 1.00 bits per heavy atom. The van der Waals surface area contributed by atoms with Crippen LogP contribution >= 0.6 is 0 Å². The lowest BCUT2D eigenvalue weighted by atomic mass is 10.1. The van der Waals surface area contributed by atoms with Crippen molar-refractivity contribution in [2.75, 3.05) is 28.5 Å². The first-order valence-electron chi connectivity index (χ1n) is 10.8. The quantitative estimate of drug-likeness (QED) is 0.672. The number of hydrogen-bond donors (Lipinski definition) is 1. The number of carbonyl (C=O) groups excluding carboxylic acids is 1. The maximum atomic E-state index is 13.1. The van der Waals surface area contributed by atoms with Crippen molar-refractivity contribution >= 4 is 27.3 Å². The summed E-state index contributed by atoms with van der Waals surface area (Å²) in [6.45, 7) is 2.32. The van der Waals surface area contributed by atoms with Gasteiger partial charge in [0, 0.05) is 37.1 Å². The van der Waals surface area contributed by atoms with Gasteiger partial charge in [-0.3, -0.25) is 9.52 Å². The van der Waals surface area contributed by atoms with Crippen LogP contribution in [-0.4, -0.2) is 44.1 Å². The molecule has 0 aromatic heterocycles. The molecule has 0 unspecified atom stereocenters. The zero-order valence-corrected chi connectivity index (χ0v) is 18.3. The number of amides is 1. The van der Waals surface area contributed by atoms with Gasteiger partial charge < -0.3 is 9.80 Å². The van der Waals surface area contributed by atoms with E-state index in [0.717, 1.165) is 37.2 Å². The van der Waals surface area contributed by atoms with Crippen LogP contribution in [0.2, 0.25) is 0 Å². The van der Waals surface area contributed by atoms with E-state index >= 15 is 0 Å². The molecular weight excluding hydrogens is 417 g/mol. The van der Waals surface area contributed by atoms with Crippen LogP contribution in [0, 0.1) is 5.82 Å². The molecule has 1 aliphatic heterocycles. The number of benzene rings is 2. The Morgan fingerprint density at radius 3 is 2.26 bits per heavy atom. The molecule has 1 saturated heterocycles. The molecule has 8 heteroatoms. The van der Waals surface area contributed by atoms with Crippen molar-refractivity contribution in [1.29, 1.82) is 0 Å². The number of sulfonamides is 1. The van der Waals surface area contributed by atoms with E-state index in [9.17, 15) is 17.6 Å². The molecule has 0 atom stereocenters. The Kier molecular flexibility index (Phi) is 6.46. The van der Waals surface area contributed by atoms with Crippen LogP contribution in [0.15, 0.2) is 48.5 Å². The van der Waals surface area contributed by atoms with Crippen molar-refractivity contribution in [2.45, 2.75) is 44.7 Å². The van der Waals surface area contributed by atoms with Crippen molar-refractivity contribution in [3.63, 3.8) is 0 Å². The zero-order chi connectivity index (χ0) is 21.8. The highest BCUT2D eigenvalue weighted by Gasteiger charge is 2.34. The highest BCUT2D eigenvalue weighted by molar-refractivity contribution is 7.93. The summed E-state index contributed by atoms with van der Waals surface area (Å²) in [5.41, 5.74) is 2.31. The summed E-state index contributed by atoms with van der Waals surface area (Å²) < 4.78 is 40.9. The summed E-state index contributed by atoms with van der Waals surface area (Å²) in [5.74, 6) is -1.39. The number of anilines is 2. The van der Waals surface area contributed by atoms with Gasteiger partial charge in [-0.05, 0) is 74.1 Å². The van der Waals surface area contributed by atoms with E-state index in [2.05, 4.69) is 9.62 Å². The summed E-state index contributed by atoms with van der Waals surface area (Å²) in [7, 11) is -3.84. The van der Waals surface area contributed by atoms with Crippen molar-refractivity contribution in [3.05, 3.63) is 59.9 Å². The minimum atomic E-state index is -3.84. The molecule has 6 nitrogen and oxygen atoms in total. The average Bonchev–Trinajstić information content (AvgIpc) is 3.59. The van der Waals surface area contributed by atoms with Crippen LogP contribution in [0.4, 0.5) is 15.8 Å². The van der Waals surface area contributed by atoms with E-state index in [4.69, 9.17) is 0 Å². The lowest BCUT2D eigenvalue weighted by Gasteiger charge is -2.28. The SMILES string of the molecule is O=C(CS(=O)(=O)Nc1ccc(N2CCCCC2)cc1)N(Cc1ccc(F)cc1)C1CC1. The molecule has 1 N–H and O–H groups in total. The molecule has 2 fully saturated rings. The fourth-order valence-corrected chi connectivity index (χ4v) is 5.01. The molecule has 2 aliphatic rings. The zero-order valence-electron chi connectivity index (χ0n) is 17.5. The van der Waals surface area contributed by atoms with Crippen molar-refractivity contribution in [2.24, 2.45) is 0 Å². The second-order valence-electron chi connectivity index (χ2n) is 8.34. The number of nitrogens with zero attached hydrogens (tertiary/aromatic N) is 2. The molecule has 2 aromatic carbocycles. The molecule has 166 valence electrons. The third-order valence-electron chi connectivity index (χ3n) is 5.75. The molecule has 2 aromatic rings. The maximum absolute atomic E-state index is 13.1. The standard InChI is InChI=1S/C23H28FN3O3S/c24-19-6-4-18(5-7-19)16-27(22-12-13-22)23(28)17-31(29,30)25-20-8-10-21(11-9-20)26-14-2-1-3-15-26/h4-11,22,25H,1-3,12-17H2. The molecule has 1 aliphatic carbocycles. The second kappa shape index (κ2) is 9.26. The number of halogens is 1. The number of carbonyl (C=O) groups is 1. The van der Waals surface area contributed by atoms with Gasteiger partial charge in [0.05, 0.1) is 0 Å². The lowest BCUT2D eigenvalue weighted by molar-refractivity contribution is -0.129. The molecule has 1 saturated carbocycles. The summed E-state index contributed by atoms with van der Waals surface area (Å²) in [6, 6.07) is 13.3. The predicted molar refractivity (Wildman–Crippen MR) is 120 cm³/mol. The van der Waals surface area contributed by atoms with Crippen LogP contribution in [0.5, 0.6) is 0 Å². The van der Waals surface area contributed by atoms with Gasteiger partial charge in [0.1, 0.15) is 11.6 Å². The largest absolute Gasteiger partial charge is 0.372 e. The van der Waals surface area contributed by atoms with Gasteiger partial charge >= 0.3 is 0 Å². The van der Waals surface area contributed by atoms with E-state index < -0.39 is 21.7 Å². The molecule has 1 amide bonds. The normalized spacial score (nSPS) is 16.7. The topological polar surface area (TPSA) is 69.7 Å². The number of nitrogens with one attached hydrogen (secondary N) is 1. The Balaban J connectivity index is 1.37. The van der Waals surface area contributed by atoms with E-state index in [1.54, 1.807) is 29.2 Å². The minimum Gasteiger partial charge on any atom is -0.372 e. The molecule has 1 heterocycles. The van der Waals surface area contributed by atoms with Crippen LogP contribution in [0.1, 0.15) is 37.7 Å².